The van der Waals surface area contributed by atoms with Crippen LogP contribution in [0, 0.1) is 10.1 Å². The van der Waals surface area contributed by atoms with Crippen LogP contribution < -0.4 is 9.47 Å². The molecule has 0 atom stereocenters. The summed E-state index contributed by atoms with van der Waals surface area (Å²) in [5, 5.41) is 10.7. The molecule has 27 heavy (non-hydrogen) atoms. The number of nitro groups is 1. The van der Waals surface area contributed by atoms with Gasteiger partial charge in [0.05, 0.1) is 18.6 Å². The molecule has 0 saturated heterocycles. The fraction of sp³-hybridized carbons (Fsp3) is 0.429. The Morgan fingerprint density at radius 2 is 1.78 bits per heavy atom. The van der Waals surface area contributed by atoms with Crippen LogP contribution in [0.3, 0.4) is 0 Å². The molecule has 0 bridgehead atoms. The van der Waals surface area contributed by atoms with Crippen molar-refractivity contribution in [3.05, 3.63) is 63.7 Å². The van der Waals surface area contributed by atoms with Gasteiger partial charge >= 0.3 is 0 Å². The van der Waals surface area contributed by atoms with E-state index in [4.69, 9.17) is 9.47 Å². The normalized spacial score (nSPS) is 10.8. The van der Waals surface area contributed by atoms with E-state index in [1.54, 1.807) is 19.2 Å². The SMILES string of the molecule is CCCCOc1cc(CN(C)CCc2ccc([N+](=O)[O-])cc2)ccc1OC. The molecule has 0 aliphatic rings. The Hall–Kier alpha value is -2.60. The van der Waals surface area contributed by atoms with Gasteiger partial charge in [-0.2, -0.15) is 0 Å². The number of rotatable bonds is 11. The summed E-state index contributed by atoms with van der Waals surface area (Å²) in [7, 11) is 3.71. The first-order chi connectivity index (χ1) is 13.0. The van der Waals surface area contributed by atoms with Crippen LogP contribution in [0.25, 0.3) is 0 Å². The molecule has 2 rings (SSSR count). The number of nitro benzene ring substituents is 1. The predicted molar refractivity (Wildman–Crippen MR) is 107 cm³/mol. The molecule has 0 unspecified atom stereocenters. The van der Waals surface area contributed by atoms with E-state index in [9.17, 15) is 10.1 Å². The zero-order chi connectivity index (χ0) is 19.6. The van der Waals surface area contributed by atoms with Gasteiger partial charge in [0.1, 0.15) is 0 Å². The number of hydrogen-bond donors (Lipinski definition) is 0. The maximum atomic E-state index is 10.7. The van der Waals surface area contributed by atoms with E-state index in [0.717, 1.165) is 55.0 Å². The summed E-state index contributed by atoms with van der Waals surface area (Å²) in [5.74, 6) is 1.54. The maximum absolute atomic E-state index is 10.7. The van der Waals surface area contributed by atoms with Gasteiger partial charge < -0.3 is 14.4 Å². The van der Waals surface area contributed by atoms with Gasteiger partial charge in [-0.1, -0.05) is 31.5 Å². The lowest BCUT2D eigenvalue weighted by Crippen LogP contribution is -2.20. The summed E-state index contributed by atoms with van der Waals surface area (Å²) < 4.78 is 11.2. The summed E-state index contributed by atoms with van der Waals surface area (Å²) in [6, 6.07) is 12.8. The molecular formula is C21H28N2O4. The van der Waals surface area contributed by atoms with Gasteiger partial charge in [-0.25, -0.2) is 0 Å². The Balaban J connectivity index is 1.91. The van der Waals surface area contributed by atoms with Crippen LogP contribution in [0.2, 0.25) is 0 Å². The fourth-order valence-corrected chi connectivity index (χ4v) is 2.75. The molecule has 2 aromatic carbocycles. The first-order valence-corrected chi connectivity index (χ1v) is 9.25. The standard InChI is InChI=1S/C21H28N2O4/c1-4-5-14-27-21-15-18(8-11-20(21)26-3)16-22(2)13-12-17-6-9-19(10-7-17)23(24)25/h6-11,15H,4-5,12-14,16H2,1-3H3. The summed E-state index contributed by atoms with van der Waals surface area (Å²) >= 11 is 0. The van der Waals surface area contributed by atoms with Crippen molar-refractivity contribution in [3.63, 3.8) is 0 Å². The third-order valence-electron chi connectivity index (χ3n) is 4.37. The van der Waals surface area contributed by atoms with Crippen LogP contribution in [0.4, 0.5) is 5.69 Å². The second-order valence-corrected chi connectivity index (χ2v) is 6.60. The molecule has 6 nitrogen and oxygen atoms in total. The minimum absolute atomic E-state index is 0.126. The van der Waals surface area contributed by atoms with Gasteiger partial charge in [0.25, 0.3) is 5.69 Å². The van der Waals surface area contributed by atoms with E-state index >= 15 is 0 Å². The van der Waals surface area contributed by atoms with Gasteiger partial charge in [0.2, 0.25) is 0 Å². The highest BCUT2D eigenvalue weighted by Gasteiger charge is 2.09. The van der Waals surface area contributed by atoms with E-state index in [1.165, 1.54) is 0 Å². The minimum atomic E-state index is -0.375. The number of likely N-dealkylation sites (N-methyl/N-ethyl adjacent to an activating group) is 1. The molecule has 2 aromatic rings. The Kier molecular flexibility index (Phi) is 8.07. The number of non-ortho nitro benzene ring substituents is 1. The average molecular weight is 372 g/mol. The Morgan fingerprint density at radius 1 is 1.07 bits per heavy atom. The zero-order valence-electron chi connectivity index (χ0n) is 16.3. The molecule has 0 N–H and O–H groups in total. The van der Waals surface area contributed by atoms with Crippen molar-refractivity contribution in [3.8, 4) is 11.5 Å². The molecule has 0 aliphatic carbocycles. The second-order valence-electron chi connectivity index (χ2n) is 6.60. The lowest BCUT2D eigenvalue weighted by atomic mass is 10.1. The molecule has 6 heteroatoms. The summed E-state index contributed by atoms with van der Waals surface area (Å²) in [5.41, 5.74) is 2.38. The third kappa shape index (κ3) is 6.57. The van der Waals surface area contributed by atoms with E-state index in [1.807, 2.05) is 30.3 Å². The smallest absolute Gasteiger partial charge is 0.269 e. The third-order valence-corrected chi connectivity index (χ3v) is 4.37. The number of benzene rings is 2. The van der Waals surface area contributed by atoms with Gasteiger partial charge in [-0.05, 0) is 43.1 Å². The Bertz CT molecular complexity index is 731. The topological polar surface area (TPSA) is 64.8 Å². The van der Waals surface area contributed by atoms with Crippen LogP contribution >= 0.6 is 0 Å². The van der Waals surface area contributed by atoms with Crippen molar-refractivity contribution in [1.82, 2.24) is 4.90 Å². The molecule has 0 radical (unpaired) electrons. The van der Waals surface area contributed by atoms with Crippen molar-refractivity contribution < 1.29 is 14.4 Å². The highest BCUT2D eigenvalue weighted by molar-refractivity contribution is 5.43. The summed E-state index contributed by atoms with van der Waals surface area (Å²) in [4.78, 5) is 12.6. The number of ether oxygens (including phenoxy) is 2. The van der Waals surface area contributed by atoms with Crippen molar-refractivity contribution in [1.29, 1.82) is 0 Å². The van der Waals surface area contributed by atoms with Crippen LogP contribution in [-0.4, -0.2) is 37.1 Å². The van der Waals surface area contributed by atoms with E-state index < -0.39 is 0 Å². The summed E-state index contributed by atoms with van der Waals surface area (Å²) in [6.07, 6.45) is 2.94. The monoisotopic (exact) mass is 372 g/mol. The van der Waals surface area contributed by atoms with E-state index in [2.05, 4.69) is 18.9 Å². The van der Waals surface area contributed by atoms with Crippen molar-refractivity contribution in [2.24, 2.45) is 0 Å². The fourth-order valence-electron chi connectivity index (χ4n) is 2.75. The molecule has 0 heterocycles. The Morgan fingerprint density at radius 3 is 2.41 bits per heavy atom. The van der Waals surface area contributed by atoms with Crippen molar-refractivity contribution in [2.75, 3.05) is 27.3 Å². The van der Waals surface area contributed by atoms with Crippen molar-refractivity contribution in [2.45, 2.75) is 32.7 Å². The molecule has 0 aliphatic heterocycles. The zero-order valence-corrected chi connectivity index (χ0v) is 16.3. The average Bonchev–Trinajstić information content (AvgIpc) is 2.67. The van der Waals surface area contributed by atoms with Crippen LogP contribution in [0.1, 0.15) is 30.9 Å². The van der Waals surface area contributed by atoms with E-state index in [0.29, 0.717) is 6.61 Å². The number of nitrogens with zero attached hydrogens (tertiary/aromatic N) is 2. The number of hydrogen-bond acceptors (Lipinski definition) is 5. The minimum Gasteiger partial charge on any atom is -0.493 e. The largest absolute Gasteiger partial charge is 0.493 e. The van der Waals surface area contributed by atoms with Gasteiger partial charge in [-0.3, -0.25) is 10.1 Å². The Labute approximate surface area is 160 Å². The molecule has 146 valence electrons. The molecule has 0 saturated carbocycles. The highest BCUT2D eigenvalue weighted by atomic mass is 16.6. The maximum Gasteiger partial charge on any atom is 0.269 e. The van der Waals surface area contributed by atoms with E-state index in [-0.39, 0.29) is 10.6 Å². The van der Waals surface area contributed by atoms with Gasteiger partial charge in [0.15, 0.2) is 11.5 Å². The lowest BCUT2D eigenvalue weighted by Gasteiger charge is -2.18. The predicted octanol–water partition coefficient (Wildman–Crippen LogP) is 4.46. The second kappa shape index (κ2) is 10.5. The number of unbranched alkanes of at least 4 members (excludes halogenated alkanes) is 1. The van der Waals surface area contributed by atoms with Gasteiger partial charge in [-0.15, -0.1) is 0 Å². The lowest BCUT2D eigenvalue weighted by molar-refractivity contribution is -0.384. The first-order valence-electron chi connectivity index (χ1n) is 9.25. The first kappa shape index (κ1) is 20.7. The molecule has 0 amide bonds. The molecule has 0 fully saturated rings. The number of methoxy groups -OCH3 is 1. The van der Waals surface area contributed by atoms with Gasteiger partial charge in [0, 0.05) is 25.2 Å². The molecule has 0 spiro atoms. The molecule has 0 aromatic heterocycles. The van der Waals surface area contributed by atoms with Crippen LogP contribution in [0.5, 0.6) is 11.5 Å². The highest BCUT2D eigenvalue weighted by Crippen LogP contribution is 2.28. The van der Waals surface area contributed by atoms with Crippen molar-refractivity contribution >= 4 is 5.69 Å². The quantitative estimate of drug-likeness (QED) is 0.331. The van der Waals surface area contributed by atoms with Crippen LogP contribution in [-0.2, 0) is 13.0 Å². The summed E-state index contributed by atoms with van der Waals surface area (Å²) in [6.45, 7) is 4.47. The molecular weight excluding hydrogens is 344 g/mol. The van der Waals surface area contributed by atoms with Crippen LogP contribution in [0.15, 0.2) is 42.5 Å².